The zero-order valence-electron chi connectivity index (χ0n) is 19.6. The van der Waals surface area contributed by atoms with Gasteiger partial charge in [0.15, 0.2) is 0 Å². The Morgan fingerprint density at radius 2 is 1.73 bits per heavy atom. The number of aromatic carboxylic acids is 1. The largest absolute Gasteiger partial charge is 0.507 e. The number of carbonyl (C=O) groups is 2. The molecule has 3 aromatic carbocycles. The van der Waals surface area contributed by atoms with Crippen molar-refractivity contribution in [2.45, 2.75) is 18.8 Å². The Morgan fingerprint density at radius 1 is 0.946 bits per heavy atom. The lowest BCUT2D eigenvalue weighted by Gasteiger charge is -2.31. The Balaban J connectivity index is 1.46. The molecule has 0 radical (unpaired) electrons. The molecule has 1 aliphatic heterocycles. The van der Waals surface area contributed by atoms with Crippen molar-refractivity contribution in [1.29, 1.82) is 0 Å². The predicted molar refractivity (Wildman–Crippen MR) is 135 cm³/mol. The first-order valence-corrected chi connectivity index (χ1v) is 11.7. The molecule has 0 unspecified atom stereocenters. The van der Waals surface area contributed by atoms with Gasteiger partial charge in [-0.25, -0.2) is 13.6 Å². The van der Waals surface area contributed by atoms with Gasteiger partial charge in [-0.3, -0.25) is 4.79 Å². The number of fused-ring (bicyclic) bond motifs is 1. The van der Waals surface area contributed by atoms with Crippen LogP contribution >= 0.6 is 0 Å². The standard InChI is InChI=1S/C29H22F2N2O4/c30-29(31)11-14-33(15-12-29)27(35)22-9-5-18(16-25(22)34)4-6-20-2-1-3-23(28(36)37)26(20)21-8-7-19-10-13-32-24(19)17-21/h1-3,5,7-10,13,16-17,32,34H,11-12,14-15H2,(H,36,37). The van der Waals surface area contributed by atoms with Crippen LogP contribution in [0.4, 0.5) is 8.78 Å². The number of hydrogen-bond donors (Lipinski definition) is 3. The number of hydrogen-bond acceptors (Lipinski definition) is 3. The highest BCUT2D eigenvalue weighted by atomic mass is 19.3. The normalized spacial score (nSPS) is 14.7. The molecular formula is C29H22F2N2O4. The molecule has 0 bridgehead atoms. The molecule has 0 aliphatic carbocycles. The number of carboxylic acids is 1. The van der Waals surface area contributed by atoms with Crippen LogP contribution < -0.4 is 0 Å². The summed E-state index contributed by atoms with van der Waals surface area (Å²) in [6.45, 7) is -0.159. The zero-order chi connectivity index (χ0) is 26.2. The monoisotopic (exact) mass is 500 g/mol. The van der Waals surface area contributed by atoms with Crippen LogP contribution in [0.3, 0.4) is 0 Å². The van der Waals surface area contributed by atoms with E-state index < -0.39 is 30.6 Å². The fourth-order valence-corrected chi connectivity index (χ4v) is 4.49. The highest BCUT2D eigenvalue weighted by Crippen LogP contribution is 2.31. The van der Waals surface area contributed by atoms with Gasteiger partial charge in [-0.15, -0.1) is 0 Å². The number of rotatable bonds is 3. The number of likely N-dealkylation sites (tertiary alicyclic amines) is 1. The summed E-state index contributed by atoms with van der Waals surface area (Å²) in [5.74, 6) is 1.26. The van der Waals surface area contributed by atoms with Gasteiger partial charge in [0, 0.05) is 54.3 Å². The SMILES string of the molecule is O=C(O)c1cccc(C#Cc2ccc(C(=O)N3CCC(F)(F)CC3)c(O)c2)c1-c1ccc2cc[nH]c2c1. The second kappa shape index (κ2) is 9.43. The molecule has 37 heavy (non-hydrogen) atoms. The van der Waals surface area contributed by atoms with E-state index in [0.29, 0.717) is 22.3 Å². The molecule has 5 rings (SSSR count). The van der Waals surface area contributed by atoms with Crippen LogP contribution in [0.15, 0.2) is 66.9 Å². The number of alkyl halides is 2. The molecule has 4 aromatic rings. The van der Waals surface area contributed by atoms with Gasteiger partial charge < -0.3 is 20.1 Å². The number of aromatic nitrogens is 1. The Kier molecular flexibility index (Phi) is 6.14. The molecule has 0 atom stereocenters. The molecule has 1 aromatic heterocycles. The molecule has 2 heterocycles. The van der Waals surface area contributed by atoms with Gasteiger partial charge in [0.05, 0.1) is 11.1 Å². The summed E-state index contributed by atoms with van der Waals surface area (Å²) in [6.07, 6.45) is 0.995. The lowest BCUT2D eigenvalue weighted by atomic mass is 9.93. The van der Waals surface area contributed by atoms with E-state index in [1.807, 2.05) is 24.3 Å². The fourth-order valence-electron chi connectivity index (χ4n) is 4.49. The third kappa shape index (κ3) is 4.89. The van der Waals surface area contributed by atoms with Crippen LogP contribution in [-0.4, -0.2) is 51.0 Å². The van der Waals surface area contributed by atoms with Crippen molar-refractivity contribution in [1.82, 2.24) is 9.88 Å². The van der Waals surface area contributed by atoms with E-state index in [2.05, 4.69) is 16.8 Å². The van der Waals surface area contributed by atoms with Gasteiger partial charge in [-0.2, -0.15) is 0 Å². The Hall–Kier alpha value is -4.64. The number of halogens is 2. The van der Waals surface area contributed by atoms with Crippen LogP contribution in [0.1, 0.15) is 44.7 Å². The molecule has 0 spiro atoms. The number of nitrogens with zero attached hydrogens (tertiary/aromatic N) is 1. The van der Waals surface area contributed by atoms with Crippen LogP contribution in [0.25, 0.3) is 22.0 Å². The minimum Gasteiger partial charge on any atom is -0.507 e. The Labute approximate surface area is 211 Å². The van der Waals surface area contributed by atoms with Crippen molar-refractivity contribution in [3.63, 3.8) is 0 Å². The summed E-state index contributed by atoms with van der Waals surface area (Å²) in [5.41, 5.74) is 3.03. The van der Waals surface area contributed by atoms with Crippen LogP contribution in [0.5, 0.6) is 5.75 Å². The molecule has 1 saturated heterocycles. The van der Waals surface area contributed by atoms with Gasteiger partial charge in [0.2, 0.25) is 0 Å². The molecular weight excluding hydrogens is 478 g/mol. The van der Waals surface area contributed by atoms with Gasteiger partial charge in [0.25, 0.3) is 11.8 Å². The summed E-state index contributed by atoms with van der Waals surface area (Å²) in [7, 11) is 0. The van der Waals surface area contributed by atoms with Gasteiger partial charge in [-0.05, 0) is 53.4 Å². The second-order valence-corrected chi connectivity index (χ2v) is 8.94. The molecule has 186 valence electrons. The van der Waals surface area contributed by atoms with E-state index >= 15 is 0 Å². The molecule has 1 amide bonds. The minimum atomic E-state index is -2.78. The van der Waals surface area contributed by atoms with Gasteiger partial charge >= 0.3 is 5.97 Å². The van der Waals surface area contributed by atoms with Crippen molar-refractivity contribution in [2.75, 3.05) is 13.1 Å². The number of carboxylic acid groups (broad SMARTS) is 1. The fraction of sp³-hybridized carbons (Fsp3) is 0.172. The summed E-state index contributed by atoms with van der Waals surface area (Å²) in [6, 6.07) is 16.7. The number of nitrogens with one attached hydrogen (secondary N) is 1. The van der Waals surface area contributed by atoms with Crippen molar-refractivity contribution in [3.8, 4) is 28.7 Å². The van der Waals surface area contributed by atoms with E-state index in [9.17, 15) is 28.6 Å². The minimum absolute atomic E-state index is 0.0172. The number of aromatic hydroxyl groups is 1. The number of benzene rings is 3. The molecule has 3 N–H and O–H groups in total. The van der Waals surface area contributed by atoms with Crippen molar-refractivity contribution < 1.29 is 28.6 Å². The molecule has 1 aliphatic rings. The first kappa shape index (κ1) is 24.1. The molecule has 6 nitrogen and oxygen atoms in total. The third-order valence-electron chi connectivity index (χ3n) is 6.49. The van der Waals surface area contributed by atoms with Gasteiger partial charge in [-0.1, -0.05) is 30.0 Å². The maximum atomic E-state index is 13.4. The van der Waals surface area contributed by atoms with E-state index in [1.165, 1.54) is 23.1 Å². The van der Waals surface area contributed by atoms with Crippen LogP contribution in [0.2, 0.25) is 0 Å². The molecule has 8 heteroatoms. The highest BCUT2D eigenvalue weighted by molar-refractivity contribution is 5.99. The lowest BCUT2D eigenvalue weighted by molar-refractivity contribution is -0.0494. The highest BCUT2D eigenvalue weighted by Gasteiger charge is 2.36. The summed E-state index contributed by atoms with van der Waals surface area (Å²) in [4.78, 5) is 29.1. The Bertz CT molecular complexity index is 1590. The predicted octanol–water partition coefficient (Wildman–Crippen LogP) is 5.51. The number of aromatic amines is 1. The summed E-state index contributed by atoms with van der Waals surface area (Å²) in [5, 5.41) is 21.3. The van der Waals surface area contributed by atoms with E-state index in [1.54, 1.807) is 24.4 Å². The molecule has 0 saturated carbocycles. The van der Waals surface area contributed by atoms with Crippen LogP contribution in [-0.2, 0) is 0 Å². The third-order valence-corrected chi connectivity index (χ3v) is 6.49. The number of phenols is 1. The van der Waals surface area contributed by atoms with Gasteiger partial charge in [0.1, 0.15) is 5.75 Å². The lowest BCUT2D eigenvalue weighted by Crippen LogP contribution is -2.42. The summed E-state index contributed by atoms with van der Waals surface area (Å²) >= 11 is 0. The Morgan fingerprint density at radius 3 is 2.46 bits per heavy atom. The smallest absolute Gasteiger partial charge is 0.336 e. The van der Waals surface area contributed by atoms with Crippen molar-refractivity contribution >= 4 is 22.8 Å². The number of piperidine rings is 1. The second-order valence-electron chi connectivity index (χ2n) is 8.94. The first-order valence-electron chi connectivity index (χ1n) is 11.7. The van der Waals surface area contributed by atoms with Crippen molar-refractivity contribution in [2.24, 2.45) is 0 Å². The molecule has 1 fully saturated rings. The maximum Gasteiger partial charge on any atom is 0.336 e. The quantitative estimate of drug-likeness (QED) is 0.324. The number of carbonyl (C=O) groups excluding carboxylic acids is 1. The average molecular weight is 501 g/mol. The van der Waals surface area contributed by atoms with E-state index in [-0.39, 0.29) is 30.0 Å². The number of amides is 1. The topological polar surface area (TPSA) is 93.6 Å². The maximum absolute atomic E-state index is 13.4. The number of H-pyrrole nitrogens is 1. The van der Waals surface area contributed by atoms with E-state index in [4.69, 9.17) is 0 Å². The van der Waals surface area contributed by atoms with Crippen molar-refractivity contribution in [3.05, 3.63) is 89.1 Å². The zero-order valence-corrected chi connectivity index (χ0v) is 19.6. The van der Waals surface area contributed by atoms with E-state index in [0.717, 1.165) is 10.9 Å². The summed E-state index contributed by atoms with van der Waals surface area (Å²) < 4.78 is 26.8. The average Bonchev–Trinajstić information content (AvgIpc) is 3.35. The number of phenolic OH excluding ortho intramolecular Hbond substituents is 1. The first-order chi connectivity index (χ1) is 17.7. The van der Waals surface area contributed by atoms with Crippen LogP contribution in [0, 0.1) is 11.8 Å².